The number of fused-ring (bicyclic) bond motifs is 5. The summed E-state index contributed by atoms with van der Waals surface area (Å²) in [6.07, 6.45) is 23.0. The molecular formula is C38H58N8O3. The topological polar surface area (TPSA) is 162 Å². The Morgan fingerprint density at radius 3 is 2.51 bits per heavy atom. The SMILES string of the molecule is C[C@]12CCCCC1CCC1C2CC[C@]2(C)C(CCC(=O)N[C@H]3C[C@@H](C(=O)NCCc4cnc[nH]4)N(C(=O)C(N)Cc4cnc[nH]4)C3)CCC12. The normalized spacial score (nSPS) is 36.0. The Labute approximate surface area is 291 Å². The monoisotopic (exact) mass is 674 g/mol. The summed E-state index contributed by atoms with van der Waals surface area (Å²) in [5.41, 5.74) is 8.93. The maximum absolute atomic E-state index is 13.6. The van der Waals surface area contributed by atoms with E-state index in [9.17, 15) is 14.4 Å². The van der Waals surface area contributed by atoms with Crippen LogP contribution in [0.5, 0.6) is 0 Å². The van der Waals surface area contributed by atoms with Crippen LogP contribution in [0.3, 0.4) is 0 Å². The zero-order valence-electron chi connectivity index (χ0n) is 29.6. The highest BCUT2D eigenvalue weighted by Gasteiger charge is 2.59. The first-order valence-corrected chi connectivity index (χ1v) is 19.2. The van der Waals surface area contributed by atoms with Gasteiger partial charge in [0.25, 0.3) is 0 Å². The highest BCUT2D eigenvalue weighted by molar-refractivity contribution is 5.91. The van der Waals surface area contributed by atoms with Gasteiger partial charge in [0.2, 0.25) is 17.7 Å². The number of aromatic amines is 2. The van der Waals surface area contributed by atoms with Crippen LogP contribution in [0.4, 0.5) is 0 Å². The van der Waals surface area contributed by atoms with Gasteiger partial charge < -0.3 is 31.2 Å². The van der Waals surface area contributed by atoms with Gasteiger partial charge in [-0.2, -0.15) is 0 Å². The molecule has 1 saturated heterocycles. The fraction of sp³-hybridized carbons (Fsp3) is 0.763. The van der Waals surface area contributed by atoms with Crippen molar-refractivity contribution < 1.29 is 14.4 Å². The quantitative estimate of drug-likeness (QED) is 0.239. The van der Waals surface area contributed by atoms with Gasteiger partial charge in [-0.05, 0) is 105 Å². The standard InChI is InChI=1S/C38H58N8O3/c1-37-14-4-3-5-24(37)6-9-29-30-10-7-25(38(30,2)15-12-31(29)37)8-11-34(47)45-28-18-33(35(48)42-16-13-26-19-40-22-43-26)46(21-28)36(49)32(39)17-27-20-41-23-44-27/h19-20,22-25,28-33H,3-18,21,39H2,1-2H3,(H,40,43)(H,41,44)(H,42,48)(H,45,47)/t24?,25?,28-,29?,30?,31?,32?,33-,37-,38+/m0/s1. The zero-order valence-corrected chi connectivity index (χ0v) is 29.6. The van der Waals surface area contributed by atoms with E-state index in [-0.39, 0.29) is 30.3 Å². The summed E-state index contributed by atoms with van der Waals surface area (Å²) in [7, 11) is 0. The smallest absolute Gasteiger partial charge is 0.242 e. The minimum Gasteiger partial charge on any atom is -0.354 e. The molecule has 10 atom stereocenters. The molecule has 49 heavy (non-hydrogen) atoms. The Bertz CT molecular complexity index is 1450. The number of hydrogen-bond acceptors (Lipinski definition) is 6. The number of rotatable bonds is 11. The number of amides is 3. The van der Waals surface area contributed by atoms with E-state index in [0.717, 1.165) is 41.5 Å². The molecule has 6 N–H and O–H groups in total. The van der Waals surface area contributed by atoms with Crippen LogP contribution in [-0.4, -0.2) is 73.8 Å². The van der Waals surface area contributed by atoms with Crippen molar-refractivity contribution in [1.29, 1.82) is 0 Å². The minimum absolute atomic E-state index is 0.0235. The van der Waals surface area contributed by atoms with Gasteiger partial charge in [-0.25, -0.2) is 9.97 Å². The summed E-state index contributed by atoms with van der Waals surface area (Å²) in [5.74, 6) is 3.57. The van der Waals surface area contributed by atoms with Gasteiger partial charge in [-0.15, -0.1) is 0 Å². The molecule has 11 heteroatoms. The molecule has 4 saturated carbocycles. The van der Waals surface area contributed by atoms with Crippen molar-refractivity contribution in [2.75, 3.05) is 13.1 Å². The van der Waals surface area contributed by atoms with Gasteiger partial charge in [0.15, 0.2) is 0 Å². The van der Waals surface area contributed by atoms with Crippen LogP contribution in [0.1, 0.15) is 109 Å². The van der Waals surface area contributed by atoms with E-state index in [4.69, 9.17) is 5.73 Å². The number of likely N-dealkylation sites (tertiary alicyclic amines) is 1. The third-order valence-electron chi connectivity index (χ3n) is 14.3. The first kappa shape index (κ1) is 34.2. The van der Waals surface area contributed by atoms with Crippen LogP contribution < -0.4 is 16.4 Å². The van der Waals surface area contributed by atoms with E-state index in [0.29, 0.717) is 49.0 Å². The predicted molar refractivity (Wildman–Crippen MR) is 187 cm³/mol. The maximum Gasteiger partial charge on any atom is 0.242 e. The summed E-state index contributed by atoms with van der Waals surface area (Å²) in [6, 6.07) is -1.82. The molecule has 6 unspecified atom stereocenters. The number of carbonyl (C=O) groups is 3. The van der Waals surface area contributed by atoms with Gasteiger partial charge >= 0.3 is 0 Å². The Morgan fingerprint density at radius 2 is 1.73 bits per heavy atom. The average Bonchev–Trinajstić information content (AvgIpc) is 3.91. The van der Waals surface area contributed by atoms with E-state index in [1.807, 2.05) is 0 Å². The Morgan fingerprint density at radius 1 is 0.959 bits per heavy atom. The second kappa shape index (κ2) is 14.2. The number of carbonyl (C=O) groups excluding carboxylic acids is 3. The van der Waals surface area contributed by atoms with Gasteiger partial charge in [0.05, 0.1) is 18.7 Å². The summed E-state index contributed by atoms with van der Waals surface area (Å²) < 4.78 is 0. The lowest BCUT2D eigenvalue weighted by atomic mass is 9.45. The van der Waals surface area contributed by atoms with E-state index < -0.39 is 12.1 Å². The van der Waals surface area contributed by atoms with Gasteiger partial charge in [-0.3, -0.25) is 14.4 Å². The van der Waals surface area contributed by atoms with Crippen molar-refractivity contribution in [3.05, 3.63) is 36.4 Å². The molecule has 0 bridgehead atoms. The van der Waals surface area contributed by atoms with E-state index in [2.05, 4.69) is 44.4 Å². The molecule has 3 heterocycles. The summed E-state index contributed by atoms with van der Waals surface area (Å²) in [6.45, 7) is 5.89. The molecule has 0 spiro atoms. The van der Waals surface area contributed by atoms with Crippen LogP contribution in [0, 0.1) is 40.4 Å². The van der Waals surface area contributed by atoms with Crippen LogP contribution in [0.2, 0.25) is 0 Å². The molecular weight excluding hydrogens is 616 g/mol. The molecule has 1 aliphatic heterocycles. The maximum atomic E-state index is 13.6. The highest BCUT2D eigenvalue weighted by atomic mass is 16.2. The molecule has 5 aliphatic rings. The van der Waals surface area contributed by atoms with Crippen LogP contribution in [-0.2, 0) is 27.2 Å². The zero-order chi connectivity index (χ0) is 34.2. The minimum atomic E-state index is -0.822. The predicted octanol–water partition coefficient (Wildman–Crippen LogP) is 4.28. The number of imidazole rings is 2. The second-order valence-corrected chi connectivity index (χ2v) is 16.8. The van der Waals surface area contributed by atoms with Crippen molar-refractivity contribution in [1.82, 2.24) is 35.5 Å². The van der Waals surface area contributed by atoms with Crippen LogP contribution >= 0.6 is 0 Å². The van der Waals surface area contributed by atoms with Gasteiger partial charge in [0.1, 0.15) is 6.04 Å². The molecule has 0 aromatic carbocycles. The van der Waals surface area contributed by atoms with E-state index in [1.165, 1.54) is 64.2 Å². The van der Waals surface area contributed by atoms with Gasteiger partial charge in [0, 0.05) is 62.2 Å². The molecule has 7 rings (SSSR count). The van der Waals surface area contributed by atoms with Crippen molar-refractivity contribution in [3.8, 4) is 0 Å². The molecule has 4 aliphatic carbocycles. The number of nitrogens with two attached hydrogens (primary N) is 1. The number of H-pyrrole nitrogens is 2. The summed E-state index contributed by atoms with van der Waals surface area (Å²) in [4.78, 5) is 56.2. The van der Waals surface area contributed by atoms with E-state index >= 15 is 0 Å². The van der Waals surface area contributed by atoms with Crippen molar-refractivity contribution in [2.45, 2.75) is 128 Å². The fourth-order valence-corrected chi connectivity index (χ4v) is 11.7. The molecule has 0 radical (unpaired) electrons. The average molecular weight is 675 g/mol. The Balaban J connectivity index is 0.947. The lowest BCUT2D eigenvalue weighted by molar-refractivity contribution is -0.139. The fourth-order valence-electron chi connectivity index (χ4n) is 11.7. The molecule has 11 nitrogen and oxygen atoms in total. The van der Waals surface area contributed by atoms with Gasteiger partial charge in [-0.1, -0.05) is 26.7 Å². The first-order chi connectivity index (χ1) is 23.7. The molecule has 2 aromatic heterocycles. The summed E-state index contributed by atoms with van der Waals surface area (Å²) in [5, 5.41) is 6.20. The molecule has 2 aromatic rings. The van der Waals surface area contributed by atoms with Crippen molar-refractivity contribution in [3.63, 3.8) is 0 Å². The lowest BCUT2D eigenvalue weighted by Crippen LogP contribution is -2.52. The molecule has 5 fully saturated rings. The molecule has 268 valence electrons. The van der Waals surface area contributed by atoms with Crippen molar-refractivity contribution >= 4 is 17.7 Å². The third-order valence-corrected chi connectivity index (χ3v) is 14.3. The number of nitrogens with one attached hydrogen (secondary N) is 4. The number of hydrogen-bond donors (Lipinski definition) is 5. The first-order valence-electron chi connectivity index (χ1n) is 19.2. The Hall–Kier alpha value is -3.21. The number of aromatic nitrogens is 4. The largest absolute Gasteiger partial charge is 0.354 e. The van der Waals surface area contributed by atoms with E-state index in [1.54, 1.807) is 29.9 Å². The third kappa shape index (κ3) is 6.80. The Kier molecular flexibility index (Phi) is 9.92. The van der Waals surface area contributed by atoms with Crippen molar-refractivity contribution in [2.24, 2.45) is 46.2 Å². The number of nitrogens with zero attached hydrogens (tertiary/aromatic N) is 3. The lowest BCUT2D eigenvalue weighted by Gasteiger charge is -2.60. The van der Waals surface area contributed by atoms with Crippen LogP contribution in [0.25, 0.3) is 0 Å². The van der Waals surface area contributed by atoms with Crippen LogP contribution in [0.15, 0.2) is 25.0 Å². The molecule has 3 amide bonds. The second-order valence-electron chi connectivity index (χ2n) is 16.8. The highest BCUT2D eigenvalue weighted by Crippen LogP contribution is 2.67. The summed E-state index contributed by atoms with van der Waals surface area (Å²) >= 11 is 0.